The first-order valence-electron chi connectivity index (χ1n) is 10.6. The molecule has 1 N–H and O–H groups in total. The fourth-order valence-corrected chi connectivity index (χ4v) is 3.29. The Balaban J connectivity index is 1.27. The van der Waals surface area contributed by atoms with Crippen LogP contribution in [0.15, 0.2) is 60.3 Å². The number of nitrogens with one attached hydrogen (secondary N) is 1. The van der Waals surface area contributed by atoms with E-state index in [4.69, 9.17) is 4.74 Å². The molecule has 0 aliphatic heterocycles. The van der Waals surface area contributed by atoms with Gasteiger partial charge < -0.3 is 10.1 Å². The molecule has 1 aromatic heterocycles. The van der Waals surface area contributed by atoms with Crippen molar-refractivity contribution in [1.82, 2.24) is 25.7 Å². The van der Waals surface area contributed by atoms with Gasteiger partial charge in [0.1, 0.15) is 5.75 Å². The molecule has 178 valence electrons. The first-order valence-corrected chi connectivity index (χ1v) is 12.1. The van der Waals surface area contributed by atoms with E-state index < -0.39 is 10.2 Å². The molecule has 34 heavy (non-hydrogen) atoms. The number of nitrogens with zero attached hydrogens (tertiary/aromatic N) is 4. The molecule has 0 unspecified atom stereocenters. The van der Waals surface area contributed by atoms with Crippen LogP contribution in [-0.2, 0) is 21.6 Å². The van der Waals surface area contributed by atoms with Crippen molar-refractivity contribution in [2.24, 2.45) is 0 Å². The van der Waals surface area contributed by atoms with Gasteiger partial charge in [-0.15, -0.1) is 24.3 Å². The highest BCUT2D eigenvalue weighted by atomic mass is 32.3. The van der Waals surface area contributed by atoms with E-state index in [0.29, 0.717) is 42.1 Å². The molecule has 0 saturated carbocycles. The summed E-state index contributed by atoms with van der Waals surface area (Å²) >= 11 is 0. The Morgan fingerprint density at radius 1 is 0.971 bits per heavy atom. The van der Waals surface area contributed by atoms with Crippen LogP contribution in [0.4, 0.5) is 3.89 Å². The molecular weight excluding hydrogens is 461 g/mol. The number of amides is 1. The zero-order chi connectivity index (χ0) is 24.2. The van der Waals surface area contributed by atoms with E-state index in [2.05, 4.69) is 25.7 Å². The molecule has 3 aromatic rings. The van der Waals surface area contributed by atoms with Crippen LogP contribution in [0.3, 0.4) is 0 Å². The first-order chi connectivity index (χ1) is 16.4. The number of carbonyl (C=O) groups is 1. The number of rotatable bonds is 12. The summed E-state index contributed by atoms with van der Waals surface area (Å²) in [5, 5.41) is 18.6. The van der Waals surface area contributed by atoms with Crippen LogP contribution < -0.4 is 10.1 Å². The van der Waals surface area contributed by atoms with Crippen molar-refractivity contribution in [3.63, 3.8) is 0 Å². The standard InChI is InChI=1S/C23H24FN5O4S/c24-34(31,32)15-13-18-7-11-21(12-8-18)33-14-3-1-2-4-22(30)25-16-19-5-9-20(10-6-19)23-28-26-17-27-29-23/h5-13,15,17H,1-4,14,16H2,(H,25,30)/b15-13+. The number of carbonyl (C=O) groups excluding carboxylic acids is 1. The molecule has 0 aliphatic rings. The van der Waals surface area contributed by atoms with Crippen molar-refractivity contribution >= 4 is 22.2 Å². The van der Waals surface area contributed by atoms with Crippen molar-refractivity contribution in [3.8, 4) is 17.1 Å². The largest absolute Gasteiger partial charge is 0.494 e. The van der Waals surface area contributed by atoms with E-state index in [-0.39, 0.29) is 5.91 Å². The normalized spacial score (nSPS) is 11.4. The van der Waals surface area contributed by atoms with Gasteiger partial charge >= 0.3 is 10.2 Å². The smallest absolute Gasteiger partial charge is 0.325 e. The zero-order valence-corrected chi connectivity index (χ0v) is 19.1. The molecule has 3 rings (SSSR count). The summed E-state index contributed by atoms with van der Waals surface area (Å²) in [6.45, 7) is 0.939. The van der Waals surface area contributed by atoms with Gasteiger partial charge in [0.05, 0.1) is 12.0 Å². The summed E-state index contributed by atoms with van der Waals surface area (Å²) in [5.74, 6) is 1.07. The Labute approximate surface area is 197 Å². The van der Waals surface area contributed by atoms with Gasteiger partial charge in [0.25, 0.3) is 0 Å². The lowest BCUT2D eigenvalue weighted by Gasteiger charge is -2.07. The van der Waals surface area contributed by atoms with Gasteiger partial charge in [-0.2, -0.15) is 8.42 Å². The van der Waals surface area contributed by atoms with Crippen LogP contribution in [0.5, 0.6) is 5.75 Å². The molecule has 0 fully saturated rings. The summed E-state index contributed by atoms with van der Waals surface area (Å²) in [7, 11) is -4.64. The molecule has 0 radical (unpaired) electrons. The molecule has 2 aromatic carbocycles. The molecule has 0 aliphatic carbocycles. The minimum Gasteiger partial charge on any atom is -0.494 e. The quantitative estimate of drug-likeness (QED) is 0.306. The Morgan fingerprint density at radius 3 is 2.35 bits per heavy atom. The lowest BCUT2D eigenvalue weighted by molar-refractivity contribution is -0.121. The molecule has 0 bridgehead atoms. The summed E-state index contributed by atoms with van der Waals surface area (Å²) in [5.41, 5.74) is 2.32. The highest BCUT2D eigenvalue weighted by Crippen LogP contribution is 2.15. The molecule has 0 atom stereocenters. The summed E-state index contributed by atoms with van der Waals surface area (Å²) in [6.07, 6.45) is 5.27. The Bertz CT molecular complexity index is 1190. The third-order valence-electron chi connectivity index (χ3n) is 4.73. The van der Waals surface area contributed by atoms with Gasteiger partial charge in [0.15, 0.2) is 6.33 Å². The number of hydrogen-bond donors (Lipinski definition) is 1. The number of unbranched alkanes of at least 4 members (excludes halogenated alkanes) is 2. The molecule has 1 amide bonds. The van der Waals surface area contributed by atoms with Crippen LogP contribution in [0.1, 0.15) is 36.8 Å². The van der Waals surface area contributed by atoms with Crippen molar-refractivity contribution in [2.45, 2.75) is 32.2 Å². The Morgan fingerprint density at radius 2 is 1.68 bits per heavy atom. The third-order valence-corrected chi connectivity index (χ3v) is 5.19. The summed E-state index contributed by atoms with van der Waals surface area (Å²) in [4.78, 5) is 12.1. The number of ether oxygens (including phenoxy) is 1. The monoisotopic (exact) mass is 485 g/mol. The maximum atomic E-state index is 12.5. The van der Waals surface area contributed by atoms with Crippen molar-refractivity contribution in [2.75, 3.05) is 6.61 Å². The predicted molar refractivity (Wildman–Crippen MR) is 124 cm³/mol. The van der Waals surface area contributed by atoms with Crippen LogP contribution >= 0.6 is 0 Å². The number of halogens is 1. The fourth-order valence-electron chi connectivity index (χ4n) is 2.97. The Hall–Kier alpha value is -3.73. The van der Waals surface area contributed by atoms with E-state index >= 15 is 0 Å². The van der Waals surface area contributed by atoms with Crippen LogP contribution in [0, 0.1) is 0 Å². The van der Waals surface area contributed by atoms with Gasteiger partial charge in [-0.25, -0.2) is 0 Å². The van der Waals surface area contributed by atoms with Gasteiger partial charge in [-0.05, 0) is 48.6 Å². The predicted octanol–water partition coefficient (Wildman–Crippen LogP) is 3.46. The van der Waals surface area contributed by atoms with Gasteiger partial charge in [-0.1, -0.05) is 36.4 Å². The number of hydrogen-bond acceptors (Lipinski definition) is 8. The minimum atomic E-state index is -4.64. The topological polar surface area (TPSA) is 124 Å². The average Bonchev–Trinajstić information content (AvgIpc) is 2.84. The molecule has 0 saturated heterocycles. The van der Waals surface area contributed by atoms with Crippen molar-refractivity contribution < 1.29 is 21.8 Å². The van der Waals surface area contributed by atoms with Gasteiger partial charge in [0.2, 0.25) is 11.7 Å². The molecule has 0 spiro atoms. The maximum Gasteiger partial charge on any atom is 0.325 e. The van der Waals surface area contributed by atoms with Crippen LogP contribution in [-0.4, -0.2) is 41.3 Å². The van der Waals surface area contributed by atoms with E-state index in [1.54, 1.807) is 24.3 Å². The van der Waals surface area contributed by atoms with Crippen molar-refractivity contribution in [1.29, 1.82) is 0 Å². The number of benzene rings is 2. The lowest BCUT2D eigenvalue weighted by atomic mass is 10.1. The minimum absolute atomic E-state index is 0.0104. The second kappa shape index (κ2) is 12.5. The van der Waals surface area contributed by atoms with E-state index in [9.17, 15) is 17.1 Å². The molecule has 11 heteroatoms. The SMILES string of the molecule is O=C(CCCCCOc1ccc(/C=C/S(=O)(=O)F)cc1)NCc1ccc(-c2nncnn2)cc1. The highest BCUT2D eigenvalue weighted by molar-refractivity contribution is 7.89. The van der Waals surface area contributed by atoms with Crippen molar-refractivity contribution in [3.05, 3.63) is 71.4 Å². The second-order valence-corrected chi connectivity index (χ2v) is 8.57. The fraction of sp³-hybridized carbons (Fsp3) is 0.261. The third kappa shape index (κ3) is 9.02. The van der Waals surface area contributed by atoms with E-state index in [1.165, 1.54) is 12.4 Å². The highest BCUT2D eigenvalue weighted by Gasteiger charge is 2.04. The molecular formula is C23H24FN5O4S. The molecule has 1 heterocycles. The van der Waals surface area contributed by atoms with E-state index in [0.717, 1.165) is 30.4 Å². The summed E-state index contributed by atoms with van der Waals surface area (Å²) < 4.78 is 39.1. The average molecular weight is 486 g/mol. The maximum absolute atomic E-state index is 12.5. The Kier molecular flexibility index (Phi) is 9.15. The molecule has 9 nitrogen and oxygen atoms in total. The van der Waals surface area contributed by atoms with Gasteiger partial charge in [0, 0.05) is 18.5 Å². The van der Waals surface area contributed by atoms with Crippen LogP contribution in [0.25, 0.3) is 17.5 Å². The number of aromatic nitrogens is 4. The van der Waals surface area contributed by atoms with Gasteiger partial charge in [-0.3, -0.25) is 4.79 Å². The zero-order valence-electron chi connectivity index (χ0n) is 18.3. The lowest BCUT2D eigenvalue weighted by Crippen LogP contribution is -2.22. The second-order valence-electron chi connectivity index (χ2n) is 7.35. The summed E-state index contributed by atoms with van der Waals surface area (Å²) in [6, 6.07) is 14.2. The van der Waals surface area contributed by atoms with E-state index in [1.807, 2.05) is 24.3 Å². The van der Waals surface area contributed by atoms with Crippen LogP contribution in [0.2, 0.25) is 0 Å². The first kappa shape index (κ1) is 24.9.